The normalized spacial score (nSPS) is 17.4. The maximum absolute atomic E-state index is 6.35. The molecule has 0 spiro atoms. The molecule has 1 aliphatic heterocycles. The van der Waals surface area contributed by atoms with Gasteiger partial charge in [-0.1, -0.05) is 90.5 Å². The van der Waals surface area contributed by atoms with Gasteiger partial charge in [0.1, 0.15) is 0 Å². The van der Waals surface area contributed by atoms with Gasteiger partial charge in [0.2, 0.25) is 0 Å². The van der Waals surface area contributed by atoms with E-state index in [1.54, 1.807) is 6.21 Å². The Morgan fingerprint density at radius 3 is 1.97 bits per heavy atom. The second kappa shape index (κ2) is 8.47. The Labute approximate surface area is 182 Å². The van der Waals surface area contributed by atoms with Crippen LogP contribution in [-0.2, 0) is 0 Å². The molecular weight excluding hydrogens is 390 g/mol. The van der Waals surface area contributed by atoms with Crippen LogP contribution >= 0.6 is 11.6 Å². The molecule has 0 saturated carbocycles. The molecule has 2 aliphatic rings. The van der Waals surface area contributed by atoms with Gasteiger partial charge in [-0.3, -0.25) is 9.91 Å². The van der Waals surface area contributed by atoms with E-state index in [1.165, 1.54) is 22.3 Å². The first-order valence-electron chi connectivity index (χ1n) is 10.4. The van der Waals surface area contributed by atoms with Crippen molar-refractivity contribution >= 4 is 23.9 Å². The van der Waals surface area contributed by atoms with E-state index in [-0.39, 0.29) is 0 Å². The second-order valence-electron chi connectivity index (χ2n) is 7.75. The van der Waals surface area contributed by atoms with E-state index in [0.717, 1.165) is 31.7 Å². The number of hydrazone groups is 1. The van der Waals surface area contributed by atoms with E-state index in [0.29, 0.717) is 11.1 Å². The first kappa shape index (κ1) is 19.1. The Balaban J connectivity index is 1.27. The summed E-state index contributed by atoms with van der Waals surface area (Å²) in [5, 5.41) is 7.37. The molecule has 3 nitrogen and oxygen atoms in total. The van der Waals surface area contributed by atoms with Crippen LogP contribution in [0.25, 0.3) is 17.2 Å². The minimum absolute atomic E-state index is 0.338. The third-order valence-electron chi connectivity index (χ3n) is 5.91. The van der Waals surface area contributed by atoms with Crippen molar-refractivity contribution in [3.8, 4) is 11.1 Å². The van der Waals surface area contributed by atoms with Crippen LogP contribution in [0.1, 0.15) is 22.7 Å². The van der Waals surface area contributed by atoms with Gasteiger partial charge in [0.15, 0.2) is 0 Å². The molecule has 5 rings (SSSR count). The fourth-order valence-corrected chi connectivity index (χ4v) is 4.66. The van der Waals surface area contributed by atoms with Crippen LogP contribution < -0.4 is 0 Å². The van der Waals surface area contributed by atoms with Crippen molar-refractivity contribution in [3.05, 3.63) is 101 Å². The smallest absolute Gasteiger partial charge is 0.0657 e. The maximum Gasteiger partial charge on any atom is 0.0657 e. The van der Waals surface area contributed by atoms with Gasteiger partial charge in [0, 0.05) is 26.2 Å². The summed E-state index contributed by atoms with van der Waals surface area (Å²) < 4.78 is 0. The zero-order valence-electron chi connectivity index (χ0n) is 16.8. The average Bonchev–Trinajstić information content (AvgIpc) is 3.13. The third-order valence-corrected chi connectivity index (χ3v) is 6.11. The first-order valence-corrected chi connectivity index (χ1v) is 10.8. The molecule has 0 radical (unpaired) electrons. The van der Waals surface area contributed by atoms with Crippen molar-refractivity contribution < 1.29 is 0 Å². The lowest BCUT2D eigenvalue weighted by atomic mass is 10.0. The molecule has 0 aromatic heterocycles. The van der Waals surface area contributed by atoms with Crippen LogP contribution in [0.4, 0.5) is 0 Å². The Hall–Kier alpha value is -2.88. The molecule has 0 bridgehead atoms. The van der Waals surface area contributed by atoms with Crippen molar-refractivity contribution in [2.45, 2.75) is 6.04 Å². The van der Waals surface area contributed by atoms with Gasteiger partial charge in [-0.15, -0.1) is 0 Å². The molecule has 3 aromatic carbocycles. The van der Waals surface area contributed by atoms with E-state index in [4.69, 9.17) is 11.6 Å². The van der Waals surface area contributed by atoms with Gasteiger partial charge < -0.3 is 0 Å². The van der Waals surface area contributed by atoms with Crippen molar-refractivity contribution in [2.24, 2.45) is 5.10 Å². The topological polar surface area (TPSA) is 18.8 Å². The summed E-state index contributed by atoms with van der Waals surface area (Å²) in [6.07, 6.45) is 3.69. The molecule has 1 fully saturated rings. The summed E-state index contributed by atoms with van der Waals surface area (Å²) in [6, 6.07) is 28.0. The van der Waals surface area contributed by atoms with Crippen LogP contribution in [0.15, 0.2) is 89.0 Å². The molecule has 0 N–H and O–H groups in total. The predicted molar refractivity (Wildman–Crippen MR) is 126 cm³/mol. The number of hydrogen-bond acceptors (Lipinski definition) is 3. The third kappa shape index (κ3) is 3.79. The van der Waals surface area contributed by atoms with Gasteiger partial charge in [-0.2, -0.15) is 5.10 Å². The van der Waals surface area contributed by atoms with Crippen LogP contribution in [0.3, 0.4) is 0 Å². The molecule has 30 heavy (non-hydrogen) atoms. The Morgan fingerprint density at radius 1 is 0.767 bits per heavy atom. The Morgan fingerprint density at radius 2 is 1.33 bits per heavy atom. The van der Waals surface area contributed by atoms with Crippen LogP contribution in [0.5, 0.6) is 0 Å². The van der Waals surface area contributed by atoms with Gasteiger partial charge >= 0.3 is 0 Å². The molecular formula is C26H24ClN3. The number of rotatable bonds is 4. The summed E-state index contributed by atoms with van der Waals surface area (Å²) in [7, 11) is 0. The van der Waals surface area contributed by atoms with Gasteiger partial charge in [0.25, 0.3) is 0 Å². The summed E-state index contributed by atoms with van der Waals surface area (Å²) >= 11 is 6.35. The lowest BCUT2D eigenvalue weighted by Gasteiger charge is -2.37. The molecule has 1 saturated heterocycles. The second-order valence-corrected chi connectivity index (χ2v) is 8.19. The van der Waals surface area contributed by atoms with Crippen LogP contribution in [0.2, 0.25) is 0 Å². The molecule has 0 unspecified atom stereocenters. The molecule has 1 heterocycles. The highest BCUT2D eigenvalue weighted by Gasteiger charge is 2.33. The Bertz CT molecular complexity index is 1040. The predicted octanol–water partition coefficient (Wildman–Crippen LogP) is 5.64. The van der Waals surface area contributed by atoms with Crippen molar-refractivity contribution in [3.63, 3.8) is 0 Å². The highest BCUT2D eigenvalue weighted by Crippen LogP contribution is 2.46. The summed E-state index contributed by atoms with van der Waals surface area (Å²) in [4.78, 5) is 2.58. The number of benzene rings is 3. The molecule has 0 atom stereocenters. The number of halogens is 1. The van der Waals surface area contributed by atoms with E-state index in [2.05, 4.69) is 63.5 Å². The minimum Gasteiger partial charge on any atom is -0.294 e. The van der Waals surface area contributed by atoms with E-state index < -0.39 is 0 Å². The SMILES string of the molecule is Cl/C(C=NN1CCN(C2c3ccccc3-c3ccccc32)CC1)=C\c1ccccc1. The summed E-state index contributed by atoms with van der Waals surface area (Å²) in [5.41, 5.74) is 6.67. The molecule has 4 heteroatoms. The standard InChI is InChI=1S/C26H24ClN3/c27-21(18-20-8-2-1-3-9-20)19-28-30-16-14-29(15-17-30)26-24-12-6-4-10-22(24)23-11-5-7-13-25(23)26/h1-13,18-19,26H,14-17H2/b21-18-,28-19?. The Kier molecular flexibility index (Phi) is 5.39. The first-order chi connectivity index (χ1) is 14.8. The van der Waals surface area contributed by atoms with Crippen molar-refractivity contribution in [1.29, 1.82) is 0 Å². The summed E-state index contributed by atoms with van der Waals surface area (Å²) in [5.74, 6) is 0. The fraction of sp³-hybridized carbons (Fsp3) is 0.192. The van der Waals surface area contributed by atoms with E-state index >= 15 is 0 Å². The van der Waals surface area contributed by atoms with Crippen LogP contribution in [-0.4, -0.2) is 42.3 Å². The summed E-state index contributed by atoms with van der Waals surface area (Å²) in [6.45, 7) is 3.75. The quantitative estimate of drug-likeness (QED) is 0.515. The number of hydrogen-bond donors (Lipinski definition) is 0. The van der Waals surface area contributed by atoms with Gasteiger partial charge in [0.05, 0.1) is 17.3 Å². The number of allylic oxidation sites excluding steroid dienone is 1. The zero-order valence-corrected chi connectivity index (χ0v) is 17.5. The lowest BCUT2D eigenvalue weighted by molar-refractivity contribution is 0.114. The number of piperazine rings is 1. The largest absolute Gasteiger partial charge is 0.294 e. The number of nitrogens with zero attached hydrogens (tertiary/aromatic N) is 3. The van der Waals surface area contributed by atoms with Crippen molar-refractivity contribution in [1.82, 2.24) is 9.91 Å². The molecule has 3 aromatic rings. The fourth-order valence-electron chi connectivity index (χ4n) is 4.49. The lowest BCUT2D eigenvalue weighted by Crippen LogP contribution is -2.45. The van der Waals surface area contributed by atoms with E-state index in [9.17, 15) is 0 Å². The number of fused-ring (bicyclic) bond motifs is 3. The monoisotopic (exact) mass is 413 g/mol. The van der Waals surface area contributed by atoms with Crippen LogP contribution in [0, 0.1) is 0 Å². The minimum atomic E-state index is 0.338. The average molecular weight is 414 g/mol. The van der Waals surface area contributed by atoms with E-state index in [1.807, 2.05) is 36.4 Å². The maximum atomic E-state index is 6.35. The highest BCUT2D eigenvalue weighted by atomic mass is 35.5. The van der Waals surface area contributed by atoms with Crippen molar-refractivity contribution in [2.75, 3.05) is 26.2 Å². The van der Waals surface area contributed by atoms with Gasteiger partial charge in [-0.25, -0.2) is 0 Å². The zero-order chi connectivity index (χ0) is 20.3. The molecule has 150 valence electrons. The molecule has 0 amide bonds. The van der Waals surface area contributed by atoms with Gasteiger partial charge in [-0.05, 0) is 33.9 Å². The highest BCUT2D eigenvalue weighted by molar-refractivity contribution is 6.41. The molecule has 1 aliphatic carbocycles.